The standard InChI is InChI=1S/C18H17ClFNO4S/c1-24-16-7-4-13(19)8-15(16)21-17(22)9-25-18(23)11-26-10-12-2-5-14(20)6-3-12/h2-8H,9-11H2,1H3,(H,21,22). The highest BCUT2D eigenvalue weighted by molar-refractivity contribution is 7.99. The molecule has 26 heavy (non-hydrogen) atoms. The second-order valence-electron chi connectivity index (χ2n) is 5.17. The fraction of sp³-hybridized carbons (Fsp3) is 0.222. The van der Waals surface area contributed by atoms with Crippen LogP contribution in [0.5, 0.6) is 5.75 Å². The molecular weight excluding hydrogens is 381 g/mol. The Balaban J connectivity index is 1.72. The van der Waals surface area contributed by atoms with Crippen LogP contribution in [-0.4, -0.2) is 31.3 Å². The molecule has 1 amide bonds. The molecule has 5 nitrogen and oxygen atoms in total. The first-order chi connectivity index (χ1) is 12.5. The minimum absolute atomic E-state index is 0.0884. The van der Waals surface area contributed by atoms with Crippen molar-refractivity contribution in [3.8, 4) is 5.75 Å². The highest BCUT2D eigenvalue weighted by atomic mass is 35.5. The molecule has 0 saturated carbocycles. The first-order valence-electron chi connectivity index (χ1n) is 7.59. The zero-order valence-electron chi connectivity index (χ0n) is 14.0. The predicted molar refractivity (Wildman–Crippen MR) is 100 cm³/mol. The van der Waals surface area contributed by atoms with Gasteiger partial charge in [0.25, 0.3) is 5.91 Å². The number of hydrogen-bond donors (Lipinski definition) is 1. The number of hydrogen-bond acceptors (Lipinski definition) is 5. The van der Waals surface area contributed by atoms with Gasteiger partial charge in [0.2, 0.25) is 0 Å². The van der Waals surface area contributed by atoms with E-state index < -0.39 is 18.5 Å². The van der Waals surface area contributed by atoms with Gasteiger partial charge in [-0.25, -0.2) is 4.39 Å². The molecule has 0 spiro atoms. The zero-order valence-corrected chi connectivity index (χ0v) is 15.5. The van der Waals surface area contributed by atoms with Gasteiger partial charge < -0.3 is 14.8 Å². The number of esters is 1. The summed E-state index contributed by atoms with van der Waals surface area (Å²) in [6.45, 7) is -0.411. The van der Waals surface area contributed by atoms with E-state index in [4.69, 9.17) is 21.1 Å². The summed E-state index contributed by atoms with van der Waals surface area (Å²) in [4.78, 5) is 23.6. The molecule has 0 heterocycles. The molecule has 0 atom stereocenters. The number of methoxy groups -OCH3 is 1. The summed E-state index contributed by atoms with van der Waals surface area (Å²) in [6.07, 6.45) is 0. The molecule has 0 aliphatic carbocycles. The molecule has 0 aliphatic rings. The van der Waals surface area contributed by atoms with Gasteiger partial charge in [0.05, 0.1) is 18.6 Å². The Hall–Kier alpha value is -2.25. The fourth-order valence-corrected chi connectivity index (χ4v) is 2.94. The molecule has 0 saturated heterocycles. The highest BCUT2D eigenvalue weighted by Gasteiger charge is 2.11. The van der Waals surface area contributed by atoms with Crippen LogP contribution >= 0.6 is 23.4 Å². The van der Waals surface area contributed by atoms with Crippen LogP contribution in [0.15, 0.2) is 42.5 Å². The monoisotopic (exact) mass is 397 g/mol. The van der Waals surface area contributed by atoms with Crippen molar-refractivity contribution in [3.63, 3.8) is 0 Å². The summed E-state index contributed by atoms with van der Waals surface area (Å²) in [5.41, 5.74) is 1.29. The number of rotatable bonds is 8. The van der Waals surface area contributed by atoms with Crippen LogP contribution in [0, 0.1) is 5.82 Å². The second kappa shape index (κ2) is 10.0. The Morgan fingerprint density at radius 3 is 2.62 bits per heavy atom. The molecule has 2 aromatic rings. The number of ether oxygens (including phenoxy) is 2. The smallest absolute Gasteiger partial charge is 0.316 e. The van der Waals surface area contributed by atoms with Crippen molar-refractivity contribution in [2.45, 2.75) is 5.75 Å². The van der Waals surface area contributed by atoms with Gasteiger partial charge in [0.15, 0.2) is 6.61 Å². The fourth-order valence-electron chi connectivity index (χ4n) is 1.98. The number of carbonyl (C=O) groups excluding carboxylic acids is 2. The lowest BCUT2D eigenvalue weighted by Gasteiger charge is -2.10. The molecule has 1 N–H and O–H groups in total. The van der Waals surface area contributed by atoms with E-state index in [1.165, 1.54) is 31.0 Å². The normalized spacial score (nSPS) is 10.3. The number of thioether (sulfide) groups is 1. The van der Waals surface area contributed by atoms with Crippen molar-refractivity contribution in [2.24, 2.45) is 0 Å². The average Bonchev–Trinajstić information content (AvgIpc) is 2.62. The molecule has 0 unspecified atom stereocenters. The maximum Gasteiger partial charge on any atom is 0.316 e. The van der Waals surface area contributed by atoms with E-state index in [1.54, 1.807) is 30.3 Å². The molecule has 0 aromatic heterocycles. The SMILES string of the molecule is COc1ccc(Cl)cc1NC(=O)COC(=O)CSCc1ccc(F)cc1. The van der Waals surface area contributed by atoms with Gasteiger partial charge in [-0.05, 0) is 35.9 Å². The van der Waals surface area contributed by atoms with Crippen molar-refractivity contribution in [1.29, 1.82) is 0 Å². The number of halogens is 2. The predicted octanol–water partition coefficient (Wildman–Crippen LogP) is 3.90. The molecular formula is C18H17ClFNO4S. The Kier molecular flexibility index (Phi) is 7.74. The van der Waals surface area contributed by atoms with E-state index >= 15 is 0 Å². The van der Waals surface area contributed by atoms with E-state index in [-0.39, 0.29) is 11.6 Å². The average molecular weight is 398 g/mol. The molecule has 0 fully saturated rings. The van der Waals surface area contributed by atoms with E-state index in [0.717, 1.165) is 5.56 Å². The zero-order chi connectivity index (χ0) is 18.9. The van der Waals surface area contributed by atoms with Gasteiger partial charge in [0.1, 0.15) is 11.6 Å². The summed E-state index contributed by atoms with van der Waals surface area (Å²) in [6, 6.07) is 10.8. The summed E-state index contributed by atoms with van der Waals surface area (Å²) >= 11 is 7.20. The van der Waals surface area contributed by atoms with E-state index in [2.05, 4.69) is 5.32 Å². The molecule has 0 radical (unpaired) electrons. The van der Waals surface area contributed by atoms with E-state index in [0.29, 0.717) is 22.2 Å². The van der Waals surface area contributed by atoms with E-state index in [1.807, 2.05) is 0 Å². The minimum Gasteiger partial charge on any atom is -0.495 e. The third-order valence-electron chi connectivity index (χ3n) is 3.20. The molecule has 0 bridgehead atoms. The van der Waals surface area contributed by atoms with Crippen molar-refractivity contribution >= 4 is 40.9 Å². The third kappa shape index (κ3) is 6.57. The maximum absolute atomic E-state index is 12.8. The molecule has 2 aromatic carbocycles. The third-order valence-corrected chi connectivity index (χ3v) is 4.41. The summed E-state index contributed by atoms with van der Waals surface area (Å²) in [7, 11) is 1.47. The topological polar surface area (TPSA) is 64.6 Å². The van der Waals surface area contributed by atoms with Crippen molar-refractivity contribution in [1.82, 2.24) is 0 Å². The van der Waals surface area contributed by atoms with Crippen molar-refractivity contribution in [2.75, 3.05) is 24.8 Å². The Labute approximate surface area is 159 Å². The maximum atomic E-state index is 12.8. The van der Waals surface area contributed by atoms with Crippen LogP contribution < -0.4 is 10.1 Å². The number of nitrogens with one attached hydrogen (secondary N) is 1. The Morgan fingerprint density at radius 1 is 1.19 bits per heavy atom. The van der Waals surface area contributed by atoms with Crippen LogP contribution in [0.25, 0.3) is 0 Å². The van der Waals surface area contributed by atoms with Gasteiger partial charge in [-0.2, -0.15) is 0 Å². The van der Waals surface area contributed by atoms with Gasteiger partial charge >= 0.3 is 5.97 Å². The summed E-state index contributed by atoms with van der Waals surface area (Å²) in [5.74, 6) is -0.232. The molecule has 0 aliphatic heterocycles. The molecule has 8 heteroatoms. The summed E-state index contributed by atoms with van der Waals surface area (Å²) in [5, 5.41) is 3.02. The lowest BCUT2D eigenvalue weighted by atomic mass is 10.2. The minimum atomic E-state index is -0.509. The van der Waals surface area contributed by atoms with Crippen LogP contribution in [0.2, 0.25) is 5.02 Å². The van der Waals surface area contributed by atoms with Gasteiger partial charge in [-0.3, -0.25) is 9.59 Å². The first kappa shape index (κ1) is 20.1. The van der Waals surface area contributed by atoms with Gasteiger partial charge in [-0.1, -0.05) is 23.7 Å². The van der Waals surface area contributed by atoms with Crippen molar-refractivity contribution < 1.29 is 23.5 Å². The second-order valence-corrected chi connectivity index (χ2v) is 6.59. The lowest BCUT2D eigenvalue weighted by molar-refractivity contribution is -0.144. The largest absolute Gasteiger partial charge is 0.495 e. The highest BCUT2D eigenvalue weighted by Crippen LogP contribution is 2.27. The van der Waals surface area contributed by atoms with Crippen LogP contribution in [0.1, 0.15) is 5.56 Å². The molecule has 2 rings (SSSR count). The van der Waals surface area contributed by atoms with Crippen molar-refractivity contribution in [3.05, 3.63) is 58.9 Å². The Morgan fingerprint density at radius 2 is 1.92 bits per heavy atom. The summed E-state index contributed by atoms with van der Waals surface area (Å²) < 4.78 is 22.9. The molecule has 138 valence electrons. The quantitative estimate of drug-likeness (QED) is 0.684. The first-order valence-corrected chi connectivity index (χ1v) is 9.12. The lowest BCUT2D eigenvalue weighted by Crippen LogP contribution is -2.22. The number of anilines is 1. The Bertz CT molecular complexity index is 770. The van der Waals surface area contributed by atoms with Gasteiger partial charge in [-0.15, -0.1) is 11.8 Å². The van der Waals surface area contributed by atoms with Crippen LogP contribution in [0.4, 0.5) is 10.1 Å². The van der Waals surface area contributed by atoms with Crippen LogP contribution in [0.3, 0.4) is 0 Å². The van der Waals surface area contributed by atoms with E-state index in [9.17, 15) is 14.0 Å². The number of amides is 1. The number of benzene rings is 2. The number of carbonyl (C=O) groups is 2. The van der Waals surface area contributed by atoms with Crippen LogP contribution in [-0.2, 0) is 20.1 Å². The van der Waals surface area contributed by atoms with Gasteiger partial charge in [0, 0.05) is 10.8 Å².